The van der Waals surface area contributed by atoms with E-state index in [-0.39, 0.29) is 23.6 Å². The van der Waals surface area contributed by atoms with E-state index in [4.69, 9.17) is 4.74 Å². The van der Waals surface area contributed by atoms with Gasteiger partial charge in [0, 0.05) is 37.7 Å². The molecule has 21 heavy (non-hydrogen) atoms. The molecule has 0 saturated carbocycles. The average molecular weight is 290 g/mol. The van der Waals surface area contributed by atoms with Gasteiger partial charge in [-0.1, -0.05) is 0 Å². The molecule has 1 atom stereocenters. The summed E-state index contributed by atoms with van der Waals surface area (Å²) in [6.07, 6.45) is 1.40. The van der Waals surface area contributed by atoms with Gasteiger partial charge in [0.1, 0.15) is 0 Å². The van der Waals surface area contributed by atoms with E-state index in [2.05, 4.69) is 0 Å². The molecular weight excluding hydrogens is 272 g/mol. The number of carbonyl (C=O) groups excluding carboxylic acids is 2. The second kappa shape index (κ2) is 5.27. The van der Waals surface area contributed by atoms with Gasteiger partial charge in [0.05, 0.1) is 7.11 Å². The molecule has 1 N–H and O–H groups in total. The molecule has 2 heterocycles. The van der Waals surface area contributed by atoms with Crippen molar-refractivity contribution in [1.82, 2.24) is 9.80 Å². The third-order valence-electron chi connectivity index (χ3n) is 4.21. The maximum Gasteiger partial charge on any atom is 0.254 e. The molecule has 0 bridgehead atoms. The Morgan fingerprint density at radius 1 is 1.38 bits per heavy atom. The van der Waals surface area contributed by atoms with Crippen molar-refractivity contribution >= 4 is 11.8 Å². The summed E-state index contributed by atoms with van der Waals surface area (Å²) in [5.41, 5.74) is 0.436. The summed E-state index contributed by atoms with van der Waals surface area (Å²) >= 11 is 0. The summed E-state index contributed by atoms with van der Waals surface area (Å²) in [6, 6.07) is 4.79. The fraction of sp³-hybridized carbons (Fsp3) is 0.467. The van der Waals surface area contributed by atoms with Gasteiger partial charge in [0.15, 0.2) is 11.5 Å². The monoisotopic (exact) mass is 290 g/mol. The lowest BCUT2D eigenvalue weighted by Gasteiger charge is -2.37. The van der Waals surface area contributed by atoms with Gasteiger partial charge in [-0.05, 0) is 24.6 Å². The molecule has 2 aliphatic heterocycles. The molecule has 0 radical (unpaired) electrons. The lowest BCUT2D eigenvalue weighted by atomic mass is 10.1. The fourth-order valence-electron chi connectivity index (χ4n) is 3.05. The minimum Gasteiger partial charge on any atom is -0.504 e. The van der Waals surface area contributed by atoms with Crippen LogP contribution in [0.1, 0.15) is 23.2 Å². The van der Waals surface area contributed by atoms with E-state index in [9.17, 15) is 14.7 Å². The van der Waals surface area contributed by atoms with Crippen LogP contribution in [0.4, 0.5) is 0 Å². The number of phenols is 1. The highest BCUT2D eigenvalue weighted by atomic mass is 16.5. The molecule has 2 saturated heterocycles. The Morgan fingerprint density at radius 3 is 2.90 bits per heavy atom. The van der Waals surface area contributed by atoms with Crippen LogP contribution in [0.3, 0.4) is 0 Å². The molecule has 1 unspecified atom stereocenters. The van der Waals surface area contributed by atoms with E-state index in [1.54, 1.807) is 17.0 Å². The maximum atomic E-state index is 12.5. The van der Waals surface area contributed by atoms with Gasteiger partial charge in [-0.25, -0.2) is 0 Å². The molecule has 2 amide bonds. The standard InChI is InChI=1S/C15H18N2O4/c1-21-13-4-2-10(8-12(13)18)15(20)16-6-7-17-11(9-16)3-5-14(17)19/h2,4,8,11,18H,3,5-7,9H2,1H3. The van der Waals surface area contributed by atoms with Gasteiger partial charge in [-0.2, -0.15) is 0 Å². The predicted molar refractivity (Wildman–Crippen MR) is 75.3 cm³/mol. The summed E-state index contributed by atoms with van der Waals surface area (Å²) in [5.74, 6) is 0.372. The second-order valence-electron chi connectivity index (χ2n) is 5.42. The molecule has 1 aromatic rings. The molecule has 2 aliphatic rings. The van der Waals surface area contributed by atoms with Gasteiger partial charge in [-0.3, -0.25) is 9.59 Å². The Labute approximate surface area is 122 Å². The van der Waals surface area contributed by atoms with Gasteiger partial charge in [0.25, 0.3) is 5.91 Å². The molecular formula is C15H18N2O4. The number of piperazine rings is 1. The van der Waals surface area contributed by atoms with Crippen molar-refractivity contribution < 1.29 is 19.4 Å². The average Bonchev–Trinajstić information content (AvgIpc) is 2.87. The number of rotatable bonds is 2. The Bertz CT molecular complexity index is 587. The lowest BCUT2D eigenvalue weighted by molar-refractivity contribution is -0.130. The highest BCUT2D eigenvalue weighted by Gasteiger charge is 2.37. The number of methoxy groups -OCH3 is 1. The van der Waals surface area contributed by atoms with Crippen molar-refractivity contribution in [3.63, 3.8) is 0 Å². The first kappa shape index (κ1) is 13.7. The highest BCUT2D eigenvalue weighted by molar-refractivity contribution is 5.95. The lowest BCUT2D eigenvalue weighted by Crippen LogP contribution is -2.53. The summed E-state index contributed by atoms with van der Waals surface area (Å²) in [7, 11) is 1.47. The van der Waals surface area contributed by atoms with Crippen molar-refractivity contribution in [2.45, 2.75) is 18.9 Å². The summed E-state index contributed by atoms with van der Waals surface area (Å²) in [6.45, 7) is 1.70. The molecule has 2 fully saturated rings. The normalized spacial score (nSPS) is 21.4. The van der Waals surface area contributed by atoms with E-state index >= 15 is 0 Å². The third kappa shape index (κ3) is 2.41. The van der Waals surface area contributed by atoms with E-state index in [0.29, 0.717) is 37.4 Å². The topological polar surface area (TPSA) is 70.1 Å². The molecule has 0 aliphatic carbocycles. The summed E-state index contributed by atoms with van der Waals surface area (Å²) in [5, 5.41) is 9.77. The van der Waals surface area contributed by atoms with Crippen molar-refractivity contribution in [3.8, 4) is 11.5 Å². The van der Waals surface area contributed by atoms with Crippen LogP contribution in [-0.2, 0) is 4.79 Å². The minimum absolute atomic E-state index is 0.0435. The van der Waals surface area contributed by atoms with Crippen LogP contribution in [0, 0.1) is 0 Å². The second-order valence-corrected chi connectivity index (χ2v) is 5.42. The molecule has 3 rings (SSSR count). The van der Waals surface area contributed by atoms with Crippen molar-refractivity contribution in [1.29, 1.82) is 0 Å². The van der Waals surface area contributed by atoms with Gasteiger partial charge in [-0.15, -0.1) is 0 Å². The number of fused-ring (bicyclic) bond motifs is 1. The number of hydrogen-bond donors (Lipinski definition) is 1. The van der Waals surface area contributed by atoms with Crippen LogP contribution < -0.4 is 4.74 Å². The summed E-state index contributed by atoms with van der Waals surface area (Å²) < 4.78 is 4.97. The number of carbonyl (C=O) groups is 2. The third-order valence-corrected chi connectivity index (χ3v) is 4.21. The SMILES string of the molecule is COc1ccc(C(=O)N2CCN3C(=O)CCC3C2)cc1O. The molecule has 6 nitrogen and oxygen atoms in total. The Morgan fingerprint density at radius 2 is 2.19 bits per heavy atom. The Hall–Kier alpha value is -2.24. The fourth-order valence-corrected chi connectivity index (χ4v) is 3.05. The van der Waals surface area contributed by atoms with E-state index < -0.39 is 0 Å². The number of nitrogens with zero attached hydrogens (tertiary/aromatic N) is 2. The van der Waals surface area contributed by atoms with E-state index in [1.807, 2.05) is 4.90 Å². The van der Waals surface area contributed by atoms with Crippen LogP contribution in [0.15, 0.2) is 18.2 Å². The number of aromatic hydroxyl groups is 1. The number of ether oxygens (including phenoxy) is 1. The number of phenolic OH excluding ortho intramolecular Hbond substituents is 1. The smallest absolute Gasteiger partial charge is 0.254 e. The van der Waals surface area contributed by atoms with E-state index in [1.165, 1.54) is 13.2 Å². The van der Waals surface area contributed by atoms with Gasteiger partial charge >= 0.3 is 0 Å². The zero-order valence-corrected chi connectivity index (χ0v) is 11.9. The number of benzene rings is 1. The number of amides is 2. The van der Waals surface area contributed by atoms with Crippen LogP contribution in [0.5, 0.6) is 11.5 Å². The van der Waals surface area contributed by atoms with Crippen LogP contribution in [0.2, 0.25) is 0 Å². The molecule has 1 aromatic carbocycles. The van der Waals surface area contributed by atoms with E-state index in [0.717, 1.165) is 6.42 Å². The molecule has 6 heteroatoms. The van der Waals surface area contributed by atoms with Crippen LogP contribution in [-0.4, -0.2) is 59.5 Å². The van der Waals surface area contributed by atoms with Gasteiger partial charge < -0.3 is 19.6 Å². The quantitative estimate of drug-likeness (QED) is 0.876. The molecule has 0 spiro atoms. The van der Waals surface area contributed by atoms with Gasteiger partial charge in [0.2, 0.25) is 5.91 Å². The minimum atomic E-state index is -0.119. The predicted octanol–water partition coefficient (Wildman–Crippen LogP) is 0.848. The molecule has 112 valence electrons. The van der Waals surface area contributed by atoms with Crippen LogP contribution in [0.25, 0.3) is 0 Å². The summed E-state index contributed by atoms with van der Waals surface area (Å²) in [4.78, 5) is 27.8. The highest BCUT2D eigenvalue weighted by Crippen LogP contribution is 2.28. The first-order valence-electron chi connectivity index (χ1n) is 7.06. The zero-order valence-electron chi connectivity index (χ0n) is 11.9. The Balaban J connectivity index is 1.74. The number of hydrogen-bond acceptors (Lipinski definition) is 4. The maximum absolute atomic E-state index is 12.5. The first-order valence-corrected chi connectivity index (χ1v) is 7.06. The van der Waals surface area contributed by atoms with Crippen molar-refractivity contribution in [3.05, 3.63) is 23.8 Å². The first-order chi connectivity index (χ1) is 10.1. The van der Waals surface area contributed by atoms with Crippen LogP contribution >= 0.6 is 0 Å². The van der Waals surface area contributed by atoms with Crippen molar-refractivity contribution in [2.75, 3.05) is 26.7 Å². The van der Waals surface area contributed by atoms with Crippen molar-refractivity contribution in [2.24, 2.45) is 0 Å². The Kier molecular flexibility index (Phi) is 3.45. The molecule has 0 aromatic heterocycles. The largest absolute Gasteiger partial charge is 0.504 e. The zero-order chi connectivity index (χ0) is 15.0.